The van der Waals surface area contributed by atoms with Crippen LogP contribution in [-0.4, -0.2) is 20.7 Å². The van der Waals surface area contributed by atoms with E-state index < -0.39 is 0 Å². The molecule has 0 atom stereocenters. The number of amides is 1. The van der Waals surface area contributed by atoms with Gasteiger partial charge in [-0.3, -0.25) is 4.79 Å². The molecule has 5 heteroatoms. The van der Waals surface area contributed by atoms with Crippen LogP contribution in [0.2, 0.25) is 0 Å². The van der Waals surface area contributed by atoms with Crippen LogP contribution in [0.1, 0.15) is 11.1 Å². The minimum absolute atomic E-state index is 0.226. The molecule has 0 saturated heterocycles. The van der Waals surface area contributed by atoms with Crippen molar-refractivity contribution in [3.63, 3.8) is 0 Å². The van der Waals surface area contributed by atoms with Crippen molar-refractivity contribution < 1.29 is 4.79 Å². The first-order valence-electron chi connectivity index (χ1n) is 7.22. The molecule has 0 fully saturated rings. The Bertz CT molecular complexity index is 837. The van der Waals surface area contributed by atoms with E-state index in [9.17, 15) is 4.79 Å². The van der Waals surface area contributed by atoms with Crippen molar-refractivity contribution in [2.24, 2.45) is 0 Å². The van der Waals surface area contributed by atoms with E-state index in [1.54, 1.807) is 23.2 Å². The van der Waals surface area contributed by atoms with Crippen molar-refractivity contribution in [2.75, 3.05) is 5.32 Å². The van der Waals surface area contributed by atoms with Gasteiger partial charge in [-0.1, -0.05) is 18.2 Å². The Balaban J connectivity index is 1.66. The quantitative estimate of drug-likeness (QED) is 0.753. The number of rotatable bonds is 4. The van der Waals surface area contributed by atoms with E-state index in [4.69, 9.17) is 0 Å². The monoisotopic (exact) mass is 304 g/mol. The minimum atomic E-state index is -0.226. The summed E-state index contributed by atoms with van der Waals surface area (Å²) < 4.78 is 1.76. The Morgan fingerprint density at radius 2 is 2.04 bits per heavy atom. The first kappa shape index (κ1) is 14.7. The summed E-state index contributed by atoms with van der Waals surface area (Å²) >= 11 is 0. The van der Waals surface area contributed by atoms with Gasteiger partial charge in [0, 0.05) is 24.0 Å². The Labute approximate surface area is 134 Å². The molecule has 23 heavy (non-hydrogen) atoms. The third-order valence-electron chi connectivity index (χ3n) is 3.22. The van der Waals surface area contributed by atoms with Crippen LogP contribution in [0.15, 0.2) is 67.1 Å². The number of aromatic nitrogens is 3. The van der Waals surface area contributed by atoms with E-state index in [-0.39, 0.29) is 5.91 Å². The minimum Gasteiger partial charge on any atom is -0.307 e. The van der Waals surface area contributed by atoms with Crippen molar-refractivity contribution >= 4 is 17.8 Å². The molecule has 1 N–H and O–H groups in total. The molecule has 3 rings (SSSR count). The number of nitrogens with zero attached hydrogens (tertiary/aromatic N) is 3. The van der Waals surface area contributed by atoms with E-state index in [0.717, 1.165) is 16.8 Å². The standard InChI is InChI=1S/C18H16N4O/c1-14-9-10-19-17(11-14)21-18(23)8-7-15-12-20-22(13-15)16-5-3-2-4-6-16/h2-13H,1H3,(H,19,21,23)/b8-7+. The number of nitrogens with one attached hydrogen (secondary N) is 1. The van der Waals surface area contributed by atoms with Crippen LogP contribution in [0.25, 0.3) is 11.8 Å². The summed E-state index contributed by atoms with van der Waals surface area (Å²) in [5.41, 5.74) is 2.87. The zero-order valence-corrected chi connectivity index (χ0v) is 12.7. The molecule has 0 radical (unpaired) electrons. The third kappa shape index (κ3) is 3.91. The fourth-order valence-corrected chi connectivity index (χ4v) is 2.09. The lowest BCUT2D eigenvalue weighted by molar-refractivity contribution is -0.111. The van der Waals surface area contributed by atoms with Gasteiger partial charge in [-0.15, -0.1) is 0 Å². The van der Waals surface area contributed by atoms with Crippen molar-refractivity contribution in [3.8, 4) is 5.69 Å². The second-order valence-corrected chi connectivity index (χ2v) is 5.09. The Kier molecular flexibility index (Phi) is 4.29. The largest absolute Gasteiger partial charge is 0.307 e. The number of hydrogen-bond acceptors (Lipinski definition) is 3. The van der Waals surface area contributed by atoms with Gasteiger partial charge in [-0.05, 0) is 42.8 Å². The topological polar surface area (TPSA) is 59.8 Å². The second kappa shape index (κ2) is 6.70. The van der Waals surface area contributed by atoms with Gasteiger partial charge in [0.05, 0.1) is 11.9 Å². The van der Waals surface area contributed by atoms with Gasteiger partial charge in [0.1, 0.15) is 5.82 Å². The van der Waals surface area contributed by atoms with Crippen LogP contribution in [0, 0.1) is 6.92 Å². The van der Waals surface area contributed by atoms with Crippen LogP contribution < -0.4 is 5.32 Å². The molecule has 0 unspecified atom stereocenters. The average molecular weight is 304 g/mol. The molecule has 0 saturated carbocycles. The number of carbonyl (C=O) groups is 1. The third-order valence-corrected chi connectivity index (χ3v) is 3.22. The van der Waals surface area contributed by atoms with Crippen molar-refractivity contribution in [1.29, 1.82) is 0 Å². The number of anilines is 1. The summed E-state index contributed by atoms with van der Waals surface area (Å²) in [5, 5.41) is 7.01. The molecule has 0 aliphatic carbocycles. The number of hydrogen-bond donors (Lipinski definition) is 1. The normalized spacial score (nSPS) is 10.8. The lowest BCUT2D eigenvalue weighted by atomic mass is 10.3. The van der Waals surface area contributed by atoms with E-state index in [0.29, 0.717) is 5.82 Å². The predicted molar refractivity (Wildman–Crippen MR) is 90.2 cm³/mol. The van der Waals surface area contributed by atoms with Crippen LogP contribution in [0.3, 0.4) is 0 Å². The lowest BCUT2D eigenvalue weighted by Crippen LogP contribution is -2.09. The van der Waals surface area contributed by atoms with Crippen molar-refractivity contribution in [3.05, 3.63) is 78.3 Å². The maximum absolute atomic E-state index is 11.9. The Morgan fingerprint density at radius 1 is 1.22 bits per heavy atom. The summed E-state index contributed by atoms with van der Waals surface area (Å²) in [7, 11) is 0. The molecule has 5 nitrogen and oxygen atoms in total. The summed E-state index contributed by atoms with van der Waals surface area (Å²) in [4.78, 5) is 16.0. The van der Waals surface area contributed by atoms with Gasteiger partial charge in [0.15, 0.2) is 0 Å². The molecule has 0 aliphatic heterocycles. The summed E-state index contributed by atoms with van der Waals surface area (Å²) in [6.45, 7) is 1.95. The van der Waals surface area contributed by atoms with Crippen LogP contribution in [0.5, 0.6) is 0 Å². The van der Waals surface area contributed by atoms with Crippen LogP contribution >= 0.6 is 0 Å². The van der Waals surface area contributed by atoms with Gasteiger partial charge in [0.2, 0.25) is 5.91 Å². The Morgan fingerprint density at radius 3 is 2.83 bits per heavy atom. The summed E-state index contributed by atoms with van der Waals surface area (Å²) in [6, 6.07) is 13.5. The van der Waals surface area contributed by atoms with Gasteiger partial charge in [-0.2, -0.15) is 5.10 Å². The molecule has 2 heterocycles. The first-order chi connectivity index (χ1) is 11.2. The molecule has 3 aromatic rings. The van der Waals surface area contributed by atoms with E-state index in [2.05, 4.69) is 15.4 Å². The summed E-state index contributed by atoms with van der Waals surface area (Å²) in [5.74, 6) is 0.315. The smallest absolute Gasteiger partial charge is 0.249 e. The number of pyridine rings is 1. The number of benzene rings is 1. The van der Waals surface area contributed by atoms with Gasteiger partial charge in [-0.25, -0.2) is 9.67 Å². The molecule has 0 bridgehead atoms. The predicted octanol–water partition coefficient (Wildman–Crippen LogP) is 3.23. The Hall–Kier alpha value is -3.21. The van der Waals surface area contributed by atoms with Gasteiger partial charge >= 0.3 is 0 Å². The molecular weight excluding hydrogens is 288 g/mol. The number of carbonyl (C=O) groups excluding carboxylic acids is 1. The number of aryl methyl sites for hydroxylation is 1. The van der Waals surface area contributed by atoms with Crippen molar-refractivity contribution in [1.82, 2.24) is 14.8 Å². The fourth-order valence-electron chi connectivity index (χ4n) is 2.09. The molecule has 2 aromatic heterocycles. The van der Waals surface area contributed by atoms with Crippen LogP contribution in [0.4, 0.5) is 5.82 Å². The van der Waals surface area contributed by atoms with E-state index in [1.807, 2.05) is 55.6 Å². The molecular formula is C18H16N4O. The van der Waals surface area contributed by atoms with Crippen molar-refractivity contribution in [2.45, 2.75) is 6.92 Å². The summed E-state index contributed by atoms with van der Waals surface area (Å²) in [6.07, 6.45) is 8.43. The highest BCUT2D eigenvalue weighted by atomic mass is 16.1. The zero-order valence-electron chi connectivity index (χ0n) is 12.7. The first-order valence-corrected chi connectivity index (χ1v) is 7.22. The maximum Gasteiger partial charge on any atom is 0.249 e. The zero-order chi connectivity index (χ0) is 16.1. The molecule has 114 valence electrons. The lowest BCUT2D eigenvalue weighted by Gasteiger charge is -2.01. The highest BCUT2D eigenvalue weighted by Gasteiger charge is 2.01. The van der Waals surface area contributed by atoms with Gasteiger partial charge in [0.25, 0.3) is 0 Å². The highest BCUT2D eigenvalue weighted by molar-refractivity contribution is 6.01. The SMILES string of the molecule is Cc1ccnc(NC(=O)/C=C/c2cnn(-c3ccccc3)c2)c1. The molecule has 0 spiro atoms. The van der Waals surface area contributed by atoms with E-state index in [1.165, 1.54) is 6.08 Å². The second-order valence-electron chi connectivity index (χ2n) is 5.09. The van der Waals surface area contributed by atoms with E-state index >= 15 is 0 Å². The van der Waals surface area contributed by atoms with Gasteiger partial charge < -0.3 is 5.32 Å². The molecule has 1 amide bonds. The molecule has 1 aromatic carbocycles. The fraction of sp³-hybridized carbons (Fsp3) is 0.0556. The van der Waals surface area contributed by atoms with Crippen LogP contribution in [-0.2, 0) is 4.79 Å². The molecule has 0 aliphatic rings. The average Bonchev–Trinajstić information content (AvgIpc) is 3.03. The maximum atomic E-state index is 11.9. The number of para-hydroxylation sites is 1. The highest BCUT2D eigenvalue weighted by Crippen LogP contribution is 2.09.